The van der Waals surface area contributed by atoms with Crippen LogP contribution in [0.25, 0.3) is 0 Å². The lowest BCUT2D eigenvalue weighted by Gasteiger charge is -2.09. The van der Waals surface area contributed by atoms with E-state index in [4.69, 9.17) is 4.74 Å². The Bertz CT molecular complexity index is 637. The molecule has 0 amide bonds. The number of nitrogens with one attached hydrogen (secondary N) is 1. The molecular weight excluding hydrogens is 282 g/mol. The van der Waals surface area contributed by atoms with Gasteiger partial charge in [-0.2, -0.15) is 0 Å². The topological polar surface area (TPSA) is 64.4 Å². The van der Waals surface area contributed by atoms with E-state index >= 15 is 0 Å². The summed E-state index contributed by atoms with van der Waals surface area (Å²) in [5.74, 6) is -1.34. The van der Waals surface area contributed by atoms with Crippen LogP contribution in [0.2, 0.25) is 0 Å². The van der Waals surface area contributed by atoms with Gasteiger partial charge in [0.2, 0.25) is 0 Å². The molecule has 21 heavy (non-hydrogen) atoms. The Hall–Kier alpha value is -2.70. The van der Waals surface area contributed by atoms with Crippen molar-refractivity contribution in [3.05, 3.63) is 63.7 Å². The first-order chi connectivity index (χ1) is 10.0. The molecule has 0 saturated heterocycles. The van der Waals surface area contributed by atoms with Gasteiger partial charge in [-0.25, -0.2) is 8.78 Å². The molecule has 0 bridgehead atoms. The predicted octanol–water partition coefficient (Wildman–Crippen LogP) is 3.49. The van der Waals surface area contributed by atoms with Crippen molar-refractivity contribution >= 4 is 11.4 Å². The predicted molar refractivity (Wildman–Crippen MR) is 73.3 cm³/mol. The summed E-state index contributed by atoms with van der Waals surface area (Å²) in [6, 6.07) is 8.29. The van der Waals surface area contributed by atoms with Crippen molar-refractivity contribution in [2.45, 2.75) is 6.54 Å². The molecule has 0 aliphatic heterocycles. The standard InChI is InChI=1S/C14H12F2N2O3/c1-21-11-4-2-9(3-5-11)8-17-14-12(15)6-10(18(19)20)7-13(14)16/h2-7,17H,8H2,1H3. The average Bonchev–Trinajstić information content (AvgIpc) is 2.46. The van der Waals surface area contributed by atoms with Crippen molar-refractivity contribution in [3.63, 3.8) is 0 Å². The number of benzene rings is 2. The summed E-state index contributed by atoms with van der Waals surface area (Å²) in [5.41, 5.74) is -0.232. The van der Waals surface area contributed by atoms with Gasteiger partial charge in [0.1, 0.15) is 11.4 Å². The molecule has 2 aromatic carbocycles. The highest BCUT2D eigenvalue weighted by Gasteiger charge is 2.16. The largest absolute Gasteiger partial charge is 0.497 e. The van der Waals surface area contributed by atoms with E-state index in [0.29, 0.717) is 17.9 Å². The molecule has 2 rings (SSSR count). The fourth-order valence-electron chi connectivity index (χ4n) is 1.77. The molecule has 0 unspecified atom stereocenters. The Morgan fingerprint density at radius 3 is 2.24 bits per heavy atom. The van der Waals surface area contributed by atoms with Gasteiger partial charge in [0.05, 0.1) is 24.2 Å². The first-order valence-electron chi connectivity index (χ1n) is 6.01. The summed E-state index contributed by atoms with van der Waals surface area (Å²) in [7, 11) is 1.54. The van der Waals surface area contributed by atoms with E-state index in [1.165, 1.54) is 7.11 Å². The highest BCUT2D eigenvalue weighted by Crippen LogP contribution is 2.25. The SMILES string of the molecule is COc1ccc(CNc2c(F)cc([N+](=O)[O-])cc2F)cc1. The fraction of sp³-hybridized carbons (Fsp3) is 0.143. The van der Waals surface area contributed by atoms with Gasteiger partial charge in [-0.05, 0) is 17.7 Å². The minimum Gasteiger partial charge on any atom is -0.497 e. The third kappa shape index (κ3) is 3.44. The lowest BCUT2D eigenvalue weighted by molar-refractivity contribution is -0.385. The van der Waals surface area contributed by atoms with E-state index < -0.39 is 27.9 Å². The van der Waals surface area contributed by atoms with Crippen LogP contribution >= 0.6 is 0 Å². The Morgan fingerprint density at radius 2 is 1.76 bits per heavy atom. The molecule has 5 nitrogen and oxygen atoms in total. The molecular formula is C14H12F2N2O3. The normalized spacial score (nSPS) is 10.2. The van der Waals surface area contributed by atoms with Crippen LogP contribution in [-0.2, 0) is 6.54 Å². The molecule has 0 aliphatic carbocycles. The van der Waals surface area contributed by atoms with Crippen molar-refractivity contribution in [1.29, 1.82) is 0 Å². The lowest BCUT2D eigenvalue weighted by Crippen LogP contribution is -2.05. The van der Waals surface area contributed by atoms with Crippen molar-refractivity contribution in [3.8, 4) is 5.75 Å². The molecule has 1 N–H and O–H groups in total. The molecule has 0 atom stereocenters. The molecule has 0 fully saturated rings. The third-order valence-corrected chi connectivity index (χ3v) is 2.87. The molecule has 0 radical (unpaired) electrons. The van der Waals surface area contributed by atoms with E-state index in [-0.39, 0.29) is 6.54 Å². The van der Waals surface area contributed by atoms with Gasteiger partial charge in [0.25, 0.3) is 5.69 Å². The summed E-state index contributed by atoms with van der Waals surface area (Å²) in [6.45, 7) is 0.176. The van der Waals surface area contributed by atoms with Gasteiger partial charge in [0.15, 0.2) is 11.6 Å². The second kappa shape index (κ2) is 6.17. The van der Waals surface area contributed by atoms with Crippen LogP contribution in [0.4, 0.5) is 20.2 Å². The summed E-state index contributed by atoms with van der Waals surface area (Å²) in [4.78, 5) is 9.65. The number of hydrogen-bond acceptors (Lipinski definition) is 4. The minimum atomic E-state index is -1.00. The van der Waals surface area contributed by atoms with E-state index in [0.717, 1.165) is 5.56 Å². The second-order valence-electron chi connectivity index (χ2n) is 4.24. The maximum absolute atomic E-state index is 13.7. The van der Waals surface area contributed by atoms with Gasteiger partial charge in [0, 0.05) is 6.54 Å². The zero-order valence-electron chi connectivity index (χ0n) is 11.1. The number of halogens is 2. The van der Waals surface area contributed by atoms with E-state index in [9.17, 15) is 18.9 Å². The highest BCUT2D eigenvalue weighted by atomic mass is 19.1. The monoisotopic (exact) mass is 294 g/mol. The van der Waals surface area contributed by atoms with Crippen molar-refractivity contribution in [2.75, 3.05) is 12.4 Å². The number of nitrogens with zero attached hydrogens (tertiary/aromatic N) is 1. The van der Waals surface area contributed by atoms with Gasteiger partial charge in [-0.15, -0.1) is 0 Å². The maximum atomic E-state index is 13.7. The van der Waals surface area contributed by atoms with E-state index in [1.807, 2.05) is 0 Å². The summed E-state index contributed by atoms with van der Waals surface area (Å²) >= 11 is 0. The minimum absolute atomic E-state index is 0.176. The van der Waals surface area contributed by atoms with Gasteiger partial charge in [-0.1, -0.05) is 12.1 Å². The summed E-state index contributed by atoms with van der Waals surface area (Å²) in [6.07, 6.45) is 0. The molecule has 0 spiro atoms. The van der Waals surface area contributed by atoms with Gasteiger partial charge in [-0.3, -0.25) is 10.1 Å². The molecule has 2 aromatic rings. The number of anilines is 1. The maximum Gasteiger partial charge on any atom is 0.275 e. The number of nitro benzene ring substituents is 1. The number of ether oxygens (including phenoxy) is 1. The van der Waals surface area contributed by atoms with E-state index in [2.05, 4.69) is 5.32 Å². The van der Waals surface area contributed by atoms with Crippen LogP contribution in [0.15, 0.2) is 36.4 Å². The highest BCUT2D eigenvalue weighted by molar-refractivity contribution is 5.52. The zero-order valence-corrected chi connectivity index (χ0v) is 11.1. The molecule has 110 valence electrons. The molecule has 0 aliphatic rings. The van der Waals surface area contributed by atoms with Gasteiger partial charge < -0.3 is 10.1 Å². The number of methoxy groups -OCH3 is 1. The second-order valence-corrected chi connectivity index (χ2v) is 4.24. The molecule has 0 saturated carbocycles. The number of nitro groups is 1. The Morgan fingerprint density at radius 1 is 1.19 bits per heavy atom. The van der Waals surface area contributed by atoms with Crippen molar-refractivity contribution < 1.29 is 18.4 Å². The third-order valence-electron chi connectivity index (χ3n) is 2.87. The molecule has 0 heterocycles. The summed E-state index contributed by atoms with van der Waals surface area (Å²) < 4.78 is 32.3. The van der Waals surface area contributed by atoms with E-state index in [1.54, 1.807) is 24.3 Å². The Balaban J connectivity index is 2.14. The fourth-order valence-corrected chi connectivity index (χ4v) is 1.77. The van der Waals surface area contributed by atoms with Crippen LogP contribution in [0, 0.1) is 21.7 Å². The number of hydrogen-bond donors (Lipinski definition) is 1. The van der Waals surface area contributed by atoms with Crippen LogP contribution in [0.5, 0.6) is 5.75 Å². The first-order valence-corrected chi connectivity index (χ1v) is 6.01. The smallest absolute Gasteiger partial charge is 0.275 e. The first kappa shape index (κ1) is 14.7. The van der Waals surface area contributed by atoms with Gasteiger partial charge >= 0.3 is 0 Å². The number of non-ortho nitro benzene ring substituents is 1. The average molecular weight is 294 g/mol. The van der Waals surface area contributed by atoms with Crippen molar-refractivity contribution in [1.82, 2.24) is 0 Å². The summed E-state index contributed by atoms with van der Waals surface area (Å²) in [5, 5.41) is 13.1. The van der Waals surface area contributed by atoms with Crippen LogP contribution in [0.3, 0.4) is 0 Å². The van der Waals surface area contributed by atoms with Crippen LogP contribution in [0.1, 0.15) is 5.56 Å². The lowest BCUT2D eigenvalue weighted by atomic mass is 10.2. The number of rotatable bonds is 5. The molecule has 0 aromatic heterocycles. The van der Waals surface area contributed by atoms with Crippen LogP contribution < -0.4 is 10.1 Å². The molecule has 7 heteroatoms. The van der Waals surface area contributed by atoms with Crippen molar-refractivity contribution in [2.24, 2.45) is 0 Å². The zero-order chi connectivity index (χ0) is 15.4. The Kier molecular flexibility index (Phi) is 4.32. The Labute approximate surface area is 119 Å². The quantitative estimate of drug-likeness (QED) is 0.677. The van der Waals surface area contributed by atoms with Crippen LogP contribution in [-0.4, -0.2) is 12.0 Å².